The van der Waals surface area contributed by atoms with Crippen LogP contribution >= 0.6 is 24.4 Å². The molecule has 0 radical (unpaired) electrons. The van der Waals surface area contributed by atoms with Gasteiger partial charge in [-0.05, 0) is 10.7 Å². The summed E-state index contributed by atoms with van der Waals surface area (Å²) in [4.78, 5) is 39.1. The molecule has 0 atom stereocenters. The van der Waals surface area contributed by atoms with Gasteiger partial charge in [0.25, 0.3) is 0 Å². The summed E-state index contributed by atoms with van der Waals surface area (Å²) in [6, 6.07) is 0. The maximum atomic E-state index is 9.98. The molecule has 0 rings (SSSR count). The predicted octanol–water partition coefficient (Wildman–Crippen LogP) is -2.99. The molecule has 0 aromatic carbocycles. The van der Waals surface area contributed by atoms with Crippen molar-refractivity contribution in [2.45, 2.75) is 12.8 Å². The summed E-state index contributed by atoms with van der Waals surface area (Å²) in [5.74, 6) is -5.29. The van der Waals surface area contributed by atoms with Crippen LogP contribution in [-0.4, -0.2) is 72.0 Å². The molecule has 0 amide bonds. The monoisotopic (exact) mass is 302 g/mol. The zero-order valence-corrected chi connectivity index (χ0v) is 12.4. The third kappa shape index (κ3) is 15.7. The molecule has 0 heterocycles. The Labute approximate surface area is 137 Å². The zero-order chi connectivity index (χ0) is 13.1. The van der Waals surface area contributed by atoms with E-state index < -0.39 is 23.5 Å². The zero-order valence-electron chi connectivity index (χ0n) is 8.54. The number of carbonyl (C=O) groups is 4. The fraction of sp³-hybridized carbons (Fsp3) is 0.250. The number of carboxylic acid groups (broad SMARTS) is 2. The molecular weight excluding hydrogens is 296 g/mol. The van der Waals surface area contributed by atoms with Crippen molar-refractivity contribution in [2.24, 2.45) is 0 Å². The van der Waals surface area contributed by atoms with E-state index in [4.69, 9.17) is 0 Å². The molecule has 0 spiro atoms. The average Bonchev–Trinajstić information content (AvgIpc) is 2.19. The van der Waals surface area contributed by atoms with Gasteiger partial charge in [-0.1, -0.05) is 24.4 Å². The Hall–Kier alpha value is -0.280. The molecule has 9 heteroatoms. The third-order valence-corrected chi connectivity index (χ3v) is 1.33. The second kappa shape index (κ2) is 13.8. The molecule has 0 aromatic rings. The number of Topliss-reactive ketones (excluding diaryl/α,β-unsaturated/α-hetero) is 2. The predicted molar refractivity (Wildman–Crippen MR) is 62.3 cm³/mol. The first-order chi connectivity index (χ1) is 7.36. The summed E-state index contributed by atoms with van der Waals surface area (Å²) >= 11 is 8.42. The second-order valence-corrected chi connectivity index (χ2v) is 2.83. The molecule has 17 heavy (non-hydrogen) atoms. The number of ketones is 2. The van der Waals surface area contributed by atoms with Crippen molar-refractivity contribution in [1.29, 1.82) is 0 Å². The minimum Gasteiger partial charge on any atom is -0.542 e. The molecule has 0 fully saturated rings. The standard InChI is InChI=1S/2C4H4O3S.Ca/c2*5-3(1-2-8)4(6)7;/h2*2H,1H2,(H,6,7);/q;;+2/p-2. The van der Waals surface area contributed by atoms with Gasteiger partial charge in [-0.2, -0.15) is 0 Å². The number of carbonyl (C=O) groups excluding carboxylic acids is 4. The van der Waals surface area contributed by atoms with Gasteiger partial charge in [0.1, 0.15) is 11.9 Å². The maximum Gasteiger partial charge on any atom is 2.00 e. The van der Waals surface area contributed by atoms with Crippen LogP contribution in [0, 0.1) is 0 Å². The Kier molecular flexibility index (Phi) is 17.8. The van der Waals surface area contributed by atoms with E-state index in [2.05, 4.69) is 24.4 Å². The number of hydrogen-bond donors (Lipinski definition) is 0. The summed E-state index contributed by atoms with van der Waals surface area (Å²) < 4.78 is 0. The number of thiocarbonyl (C=S) groups is 2. The van der Waals surface area contributed by atoms with Crippen molar-refractivity contribution in [3.63, 3.8) is 0 Å². The summed E-state index contributed by atoms with van der Waals surface area (Å²) in [6.07, 6.45) is -0.449. The van der Waals surface area contributed by atoms with E-state index in [0.29, 0.717) is 0 Å². The normalized spacial score (nSPS) is 7.53. The molecule has 6 nitrogen and oxygen atoms in total. The molecule has 0 aliphatic heterocycles. The second-order valence-electron chi connectivity index (χ2n) is 2.16. The van der Waals surface area contributed by atoms with Gasteiger partial charge in [-0.25, -0.2) is 0 Å². The topological polar surface area (TPSA) is 114 Å². The van der Waals surface area contributed by atoms with Crippen molar-refractivity contribution >= 4 is 96.4 Å². The first-order valence-electron chi connectivity index (χ1n) is 3.72. The molecule has 0 aromatic heterocycles. The van der Waals surface area contributed by atoms with Gasteiger partial charge in [0.05, 0.1) is 0 Å². The van der Waals surface area contributed by atoms with Crippen LogP contribution in [0.25, 0.3) is 0 Å². The molecule has 88 valence electrons. The number of aliphatic carboxylic acids is 2. The van der Waals surface area contributed by atoms with Crippen LogP contribution in [0.5, 0.6) is 0 Å². The van der Waals surface area contributed by atoms with Gasteiger partial charge >= 0.3 is 37.7 Å². The van der Waals surface area contributed by atoms with Crippen molar-refractivity contribution < 1.29 is 29.4 Å². The quantitative estimate of drug-likeness (QED) is 0.290. The van der Waals surface area contributed by atoms with Crippen LogP contribution < -0.4 is 10.2 Å². The van der Waals surface area contributed by atoms with Crippen LogP contribution in [0.3, 0.4) is 0 Å². The maximum absolute atomic E-state index is 9.98. The van der Waals surface area contributed by atoms with Gasteiger partial charge in [-0.15, -0.1) is 0 Å². The first-order valence-corrected chi connectivity index (χ1v) is 4.66. The molecule has 0 bridgehead atoms. The molecular formula is C8H6CaO6S2. The molecule has 0 aliphatic rings. The molecule has 0 N–H and O–H groups in total. The van der Waals surface area contributed by atoms with Crippen LogP contribution in [0.4, 0.5) is 0 Å². The SMILES string of the molecule is O=C([O-])C(=O)CC=S.O=C([O-])C(=O)CC=S.[Ca+2]. The minimum absolute atomic E-state index is 0. The van der Waals surface area contributed by atoms with Crippen LogP contribution in [-0.2, 0) is 19.2 Å². The van der Waals surface area contributed by atoms with Crippen molar-refractivity contribution in [2.75, 3.05) is 0 Å². The van der Waals surface area contributed by atoms with E-state index in [-0.39, 0.29) is 50.6 Å². The van der Waals surface area contributed by atoms with E-state index in [0.717, 1.165) is 10.7 Å². The third-order valence-electron chi connectivity index (χ3n) is 0.993. The van der Waals surface area contributed by atoms with Crippen LogP contribution in [0.15, 0.2) is 0 Å². The Morgan fingerprint density at radius 1 is 0.824 bits per heavy atom. The summed E-state index contributed by atoms with van der Waals surface area (Å²) in [6.45, 7) is 0. The van der Waals surface area contributed by atoms with Gasteiger partial charge in [0.15, 0.2) is 11.6 Å². The first kappa shape index (κ1) is 21.9. The number of carboxylic acids is 2. The molecule has 0 aliphatic carbocycles. The molecule has 0 unspecified atom stereocenters. The Morgan fingerprint density at radius 2 is 1.06 bits per heavy atom. The Morgan fingerprint density at radius 3 is 1.12 bits per heavy atom. The largest absolute Gasteiger partial charge is 2.00 e. The van der Waals surface area contributed by atoms with E-state index in [1.165, 1.54) is 0 Å². The minimum atomic E-state index is -1.67. The summed E-state index contributed by atoms with van der Waals surface area (Å²) in [5.41, 5.74) is 0. The van der Waals surface area contributed by atoms with Crippen molar-refractivity contribution in [3.05, 3.63) is 0 Å². The van der Waals surface area contributed by atoms with Gasteiger partial charge in [0.2, 0.25) is 0 Å². The number of hydrogen-bond acceptors (Lipinski definition) is 8. The fourth-order valence-electron chi connectivity index (χ4n) is 0.318. The Balaban J connectivity index is -0.000000218. The molecule has 0 saturated heterocycles. The fourth-order valence-corrected chi connectivity index (χ4v) is 0.621. The molecule has 0 saturated carbocycles. The number of rotatable bonds is 6. The van der Waals surface area contributed by atoms with E-state index in [1.807, 2.05) is 0 Å². The average molecular weight is 302 g/mol. The summed E-state index contributed by atoms with van der Waals surface area (Å²) in [7, 11) is 0. The van der Waals surface area contributed by atoms with Crippen LogP contribution in [0.1, 0.15) is 12.8 Å². The van der Waals surface area contributed by atoms with E-state index in [9.17, 15) is 29.4 Å². The van der Waals surface area contributed by atoms with Crippen molar-refractivity contribution in [3.8, 4) is 0 Å². The van der Waals surface area contributed by atoms with E-state index in [1.54, 1.807) is 0 Å². The van der Waals surface area contributed by atoms with Gasteiger partial charge in [0, 0.05) is 12.8 Å². The smallest absolute Gasteiger partial charge is 0.542 e. The summed E-state index contributed by atoms with van der Waals surface area (Å²) in [5, 5.41) is 21.2. The van der Waals surface area contributed by atoms with Crippen molar-refractivity contribution in [1.82, 2.24) is 0 Å². The van der Waals surface area contributed by atoms with Gasteiger partial charge < -0.3 is 19.8 Å². The van der Waals surface area contributed by atoms with Crippen LogP contribution in [0.2, 0.25) is 0 Å². The Bertz CT molecular complexity index is 296. The van der Waals surface area contributed by atoms with Gasteiger partial charge in [-0.3, -0.25) is 9.59 Å². The van der Waals surface area contributed by atoms with E-state index >= 15 is 0 Å².